The van der Waals surface area contributed by atoms with Gasteiger partial charge in [-0.15, -0.1) is 0 Å². The molecule has 0 unspecified atom stereocenters. The highest BCUT2D eigenvalue weighted by Gasteiger charge is 2.28. The minimum Gasteiger partial charge on any atom is -0.288 e. The smallest absolute Gasteiger partial charge is 0.288 e. The van der Waals surface area contributed by atoms with E-state index in [1.807, 2.05) is 6.07 Å². The van der Waals surface area contributed by atoms with Crippen LogP contribution in [-0.2, 0) is 0 Å². The van der Waals surface area contributed by atoms with Gasteiger partial charge in [-0.1, -0.05) is 78.9 Å². The van der Waals surface area contributed by atoms with Crippen LogP contribution in [0.25, 0.3) is 11.3 Å². The summed E-state index contributed by atoms with van der Waals surface area (Å²) in [5.74, 6) is -0.373. The Balaban J connectivity index is 2.30. The zero-order chi connectivity index (χ0) is 17.6. The molecule has 0 N–H and O–H groups in total. The molecule has 25 heavy (non-hydrogen) atoms. The third-order valence-corrected chi connectivity index (χ3v) is 3.79. The summed E-state index contributed by atoms with van der Waals surface area (Å²) in [5.41, 5.74) is 1.22. The highest BCUT2D eigenvalue weighted by atomic mass is 16.6. The molecule has 0 heterocycles. The van der Waals surface area contributed by atoms with Crippen molar-refractivity contribution in [3.8, 4) is 0 Å². The van der Waals surface area contributed by atoms with Crippen LogP contribution in [0.15, 0.2) is 91.0 Å². The molecule has 0 aliphatic rings. The van der Waals surface area contributed by atoms with Gasteiger partial charge < -0.3 is 0 Å². The second kappa shape index (κ2) is 7.36. The Bertz CT molecular complexity index is 917. The summed E-state index contributed by atoms with van der Waals surface area (Å²) in [6, 6.07) is 25.8. The van der Waals surface area contributed by atoms with Crippen LogP contribution in [-0.4, -0.2) is 10.7 Å². The zero-order valence-corrected chi connectivity index (χ0v) is 13.3. The highest BCUT2D eigenvalue weighted by Crippen LogP contribution is 2.30. The molecule has 0 spiro atoms. The SMILES string of the molecule is O=C(/C(=C(/c1ccccc1)[N+](=O)[O-])c1ccccc1)c1ccccc1. The Morgan fingerprint density at radius 2 is 1.04 bits per heavy atom. The summed E-state index contributed by atoms with van der Waals surface area (Å²) in [4.78, 5) is 24.5. The van der Waals surface area contributed by atoms with Gasteiger partial charge in [0.25, 0.3) is 5.70 Å². The first-order valence-corrected chi connectivity index (χ1v) is 7.77. The van der Waals surface area contributed by atoms with Crippen LogP contribution in [0.3, 0.4) is 0 Å². The number of Topliss-reactive ketones (excluding diaryl/α,β-unsaturated/α-hetero) is 1. The molecule has 4 heteroatoms. The zero-order valence-electron chi connectivity index (χ0n) is 13.3. The van der Waals surface area contributed by atoms with Crippen LogP contribution < -0.4 is 0 Å². The number of nitro groups is 1. The predicted octanol–water partition coefficient (Wildman–Crippen LogP) is 4.71. The molecule has 0 amide bonds. The third-order valence-electron chi connectivity index (χ3n) is 3.79. The van der Waals surface area contributed by atoms with E-state index in [-0.39, 0.29) is 17.1 Å². The average molecular weight is 329 g/mol. The quantitative estimate of drug-likeness (QED) is 0.224. The molecule has 0 aromatic heterocycles. The van der Waals surface area contributed by atoms with Gasteiger partial charge in [0.1, 0.15) is 5.57 Å². The number of carbonyl (C=O) groups excluding carboxylic acids is 1. The summed E-state index contributed by atoms with van der Waals surface area (Å²) >= 11 is 0. The molecule has 0 aliphatic heterocycles. The van der Waals surface area contributed by atoms with Gasteiger partial charge >= 0.3 is 0 Å². The Kier molecular flexibility index (Phi) is 4.81. The monoisotopic (exact) mass is 329 g/mol. The fourth-order valence-electron chi connectivity index (χ4n) is 2.65. The minimum atomic E-state index is -0.488. The van der Waals surface area contributed by atoms with Crippen LogP contribution in [0.4, 0.5) is 0 Å². The topological polar surface area (TPSA) is 60.2 Å². The van der Waals surface area contributed by atoms with Gasteiger partial charge in [-0.3, -0.25) is 14.9 Å². The Morgan fingerprint density at radius 1 is 0.640 bits per heavy atom. The molecule has 3 rings (SSSR count). The normalized spacial score (nSPS) is 11.5. The molecule has 4 nitrogen and oxygen atoms in total. The van der Waals surface area contributed by atoms with E-state index < -0.39 is 4.92 Å². The van der Waals surface area contributed by atoms with E-state index in [9.17, 15) is 14.9 Å². The molecule has 0 saturated heterocycles. The number of allylic oxidation sites excluding steroid dienone is 1. The molecular weight excluding hydrogens is 314 g/mol. The number of hydrogen-bond donors (Lipinski definition) is 0. The predicted molar refractivity (Wildman–Crippen MR) is 97.5 cm³/mol. The van der Waals surface area contributed by atoms with Crippen molar-refractivity contribution < 1.29 is 9.72 Å². The Morgan fingerprint density at radius 3 is 1.48 bits per heavy atom. The van der Waals surface area contributed by atoms with Crippen molar-refractivity contribution in [2.24, 2.45) is 0 Å². The number of hydrogen-bond acceptors (Lipinski definition) is 3. The van der Waals surface area contributed by atoms with E-state index in [1.54, 1.807) is 84.9 Å². The van der Waals surface area contributed by atoms with Gasteiger partial charge in [0.2, 0.25) is 5.78 Å². The third kappa shape index (κ3) is 3.53. The molecule has 0 saturated carbocycles. The molecule has 3 aromatic carbocycles. The van der Waals surface area contributed by atoms with Gasteiger partial charge in [-0.2, -0.15) is 0 Å². The fraction of sp³-hybridized carbons (Fsp3) is 0. The van der Waals surface area contributed by atoms with Gasteiger partial charge in [-0.05, 0) is 17.7 Å². The maximum absolute atomic E-state index is 13.1. The first-order valence-electron chi connectivity index (χ1n) is 7.77. The van der Waals surface area contributed by atoms with E-state index in [1.165, 1.54) is 0 Å². The van der Waals surface area contributed by atoms with Crippen molar-refractivity contribution in [1.29, 1.82) is 0 Å². The Labute approximate surface area is 145 Å². The van der Waals surface area contributed by atoms with Crippen LogP contribution in [0.5, 0.6) is 0 Å². The number of benzene rings is 3. The van der Waals surface area contributed by atoms with Crippen molar-refractivity contribution in [3.05, 3.63) is 118 Å². The summed E-state index contributed by atoms with van der Waals surface area (Å²) in [5, 5.41) is 11.8. The van der Waals surface area contributed by atoms with Crippen LogP contribution in [0, 0.1) is 10.1 Å². The summed E-state index contributed by atoms with van der Waals surface area (Å²) in [7, 11) is 0. The van der Waals surface area contributed by atoms with Crippen molar-refractivity contribution in [3.63, 3.8) is 0 Å². The van der Waals surface area contributed by atoms with Gasteiger partial charge in [0.05, 0.1) is 10.5 Å². The molecule has 122 valence electrons. The number of nitrogens with zero attached hydrogens (tertiary/aromatic N) is 1. The molecule has 0 bridgehead atoms. The highest BCUT2D eigenvalue weighted by molar-refractivity contribution is 6.33. The van der Waals surface area contributed by atoms with Crippen molar-refractivity contribution in [1.82, 2.24) is 0 Å². The maximum Gasteiger partial charge on any atom is 0.288 e. The summed E-state index contributed by atoms with van der Waals surface area (Å²) in [6.45, 7) is 0. The van der Waals surface area contributed by atoms with E-state index in [0.717, 1.165) is 0 Å². The van der Waals surface area contributed by atoms with Crippen molar-refractivity contribution >= 4 is 17.1 Å². The molecule has 3 aromatic rings. The summed E-state index contributed by atoms with van der Waals surface area (Å²) in [6.07, 6.45) is 0. The first kappa shape index (κ1) is 16.3. The van der Waals surface area contributed by atoms with Crippen LogP contribution in [0.2, 0.25) is 0 Å². The number of carbonyl (C=O) groups is 1. The maximum atomic E-state index is 13.1. The lowest BCUT2D eigenvalue weighted by molar-refractivity contribution is -0.374. The lowest BCUT2D eigenvalue weighted by Gasteiger charge is -2.09. The largest absolute Gasteiger partial charge is 0.288 e. The molecule has 0 atom stereocenters. The molecule has 0 aliphatic carbocycles. The van der Waals surface area contributed by atoms with Gasteiger partial charge in [0.15, 0.2) is 0 Å². The van der Waals surface area contributed by atoms with E-state index >= 15 is 0 Å². The van der Waals surface area contributed by atoms with Gasteiger partial charge in [0, 0.05) is 5.56 Å². The van der Waals surface area contributed by atoms with Crippen LogP contribution in [0.1, 0.15) is 21.5 Å². The number of ketones is 1. The second-order valence-corrected chi connectivity index (χ2v) is 5.41. The second-order valence-electron chi connectivity index (χ2n) is 5.41. The lowest BCUT2D eigenvalue weighted by Crippen LogP contribution is -2.10. The number of rotatable bonds is 5. The standard InChI is InChI=1S/C21H15NO3/c23-21(18-14-8-3-9-15-18)19(16-10-4-1-5-11-16)20(22(24)25)17-12-6-2-7-13-17/h1-15H/b20-19-. The van der Waals surface area contributed by atoms with E-state index in [2.05, 4.69) is 0 Å². The molecular formula is C21H15NO3. The van der Waals surface area contributed by atoms with Crippen LogP contribution >= 0.6 is 0 Å². The first-order chi connectivity index (χ1) is 12.2. The molecule has 0 radical (unpaired) electrons. The summed E-state index contributed by atoms with van der Waals surface area (Å²) < 4.78 is 0. The minimum absolute atomic E-state index is 0.0861. The Hall–Kier alpha value is -3.53. The fourth-order valence-corrected chi connectivity index (χ4v) is 2.65. The van der Waals surface area contributed by atoms with Crippen molar-refractivity contribution in [2.45, 2.75) is 0 Å². The lowest BCUT2D eigenvalue weighted by atomic mass is 9.92. The van der Waals surface area contributed by atoms with Crippen molar-refractivity contribution in [2.75, 3.05) is 0 Å². The molecule has 0 fully saturated rings. The van der Waals surface area contributed by atoms with E-state index in [4.69, 9.17) is 0 Å². The van der Waals surface area contributed by atoms with Gasteiger partial charge in [-0.25, -0.2) is 0 Å². The van der Waals surface area contributed by atoms with E-state index in [0.29, 0.717) is 16.7 Å². The average Bonchev–Trinajstić information content (AvgIpc) is 2.67.